The molecule has 0 fully saturated rings. The lowest BCUT2D eigenvalue weighted by Crippen LogP contribution is -2.33. The number of nitrogens with one attached hydrogen (secondary N) is 1. The summed E-state index contributed by atoms with van der Waals surface area (Å²) >= 11 is 0. The van der Waals surface area contributed by atoms with Crippen LogP contribution in [0.4, 0.5) is 0 Å². The first-order valence-electron chi connectivity index (χ1n) is 8.52. The molecule has 0 aliphatic rings. The smallest absolute Gasteiger partial charge is 0.339 e. The highest BCUT2D eigenvalue weighted by Crippen LogP contribution is 2.28. The predicted molar refractivity (Wildman–Crippen MR) is 100 cm³/mol. The van der Waals surface area contributed by atoms with Crippen molar-refractivity contribution in [2.45, 2.75) is 45.2 Å². The minimum Gasteiger partial charge on any atom is -0.496 e. The molecule has 4 heteroatoms. The van der Waals surface area contributed by atoms with Crippen LogP contribution < -0.4 is 10.1 Å². The predicted octanol–water partition coefficient (Wildman–Crippen LogP) is 4.24. The minimum absolute atomic E-state index is 0.0693. The standard InChI is InChI=1S/C21H27NO3/c1-15(13-21(2,3)17-8-6-5-7-9-17)22-14-16-10-11-19(25-4)18(12-16)20(23)24/h5-12,15,22H,13-14H2,1-4H3,(H,23,24). The van der Waals surface area contributed by atoms with Crippen LogP contribution in [-0.4, -0.2) is 24.2 Å². The molecule has 25 heavy (non-hydrogen) atoms. The second kappa shape index (κ2) is 8.17. The summed E-state index contributed by atoms with van der Waals surface area (Å²) in [5.41, 5.74) is 2.52. The molecular weight excluding hydrogens is 314 g/mol. The van der Waals surface area contributed by atoms with Crippen LogP contribution in [0.1, 0.15) is 48.7 Å². The van der Waals surface area contributed by atoms with Crippen molar-refractivity contribution >= 4 is 5.97 Å². The summed E-state index contributed by atoms with van der Waals surface area (Å²) in [6, 6.07) is 16.1. The molecule has 1 unspecified atom stereocenters. The van der Waals surface area contributed by atoms with Gasteiger partial charge < -0.3 is 15.2 Å². The Kier molecular flexibility index (Phi) is 6.21. The van der Waals surface area contributed by atoms with E-state index in [9.17, 15) is 9.90 Å². The second-order valence-electron chi connectivity index (χ2n) is 7.08. The van der Waals surface area contributed by atoms with E-state index in [1.165, 1.54) is 12.7 Å². The topological polar surface area (TPSA) is 58.6 Å². The summed E-state index contributed by atoms with van der Waals surface area (Å²) in [4.78, 5) is 11.3. The molecule has 2 aromatic carbocycles. The number of carbonyl (C=O) groups is 1. The highest BCUT2D eigenvalue weighted by atomic mass is 16.5. The van der Waals surface area contributed by atoms with Gasteiger partial charge in [-0.1, -0.05) is 50.2 Å². The van der Waals surface area contributed by atoms with Gasteiger partial charge in [0.15, 0.2) is 0 Å². The molecule has 0 saturated carbocycles. The van der Waals surface area contributed by atoms with Crippen LogP contribution in [-0.2, 0) is 12.0 Å². The molecular formula is C21H27NO3. The number of ether oxygens (including phenoxy) is 1. The van der Waals surface area contributed by atoms with Gasteiger partial charge in [-0.15, -0.1) is 0 Å². The largest absolute Gasteiger partial charge is 0.496 e. The molecule has 0 bridgehead atoms. The number of hydrogen-bond acceptors (Lipinski definition) is 3. The second-order valence-corrected chi connectivity index (χ2v) is 7.08. The Bertz CT molecular complexity index is 710. The van der Waals surface area contributed by atoms with Crippen molar-refractivity contribution in [3.05, 3.63) is 65.2 Å². The first-order valence-corrected chi connectivity index (χ1v) is 8.52. The molecule has 2 aromatic rings. The van der Waals surface area contributed by atoms with E-state index in [2.05, 4.69) is 50.4 Å². The lowest BCUT2D eigenvalue weighted by Gasteiger charge is -2.29. The fourth-order valence-corrected chi connectivity index (χ4v) is 3.17. The molecule has 0 aliphatic carbocycles. The minimum atomic E-state index is -0.975. The Morgan fingerprint density at radius 1 is 1.20 bits per heavy atom. The van der Waals surface area contributed by atoms with E-state index in [0.29, 0.717) is 18.3 Å². The quantitative estimate of drug-likeness (QED) is 0.754. The van der Waals surface area contributed by atoms with E-state index >= 15 is 0 Å². The Morgan fingerprint density at radius 3 is 2.48 bits per heavy atom. The molecule has 0 spiro atoms. The van der Waals surface area contributed by atoms with Crippen molar-refractivity contribution in [1.29, 1.82) is 0 Å². The summed E-state index contributed by atoms with van der Waals surface area (Å²) in [7, 11) is 1.48. The van der Waals surface area contributed by atoms with Gasteiger partial charge in [0.05, 0.1) is 7.11 Å². The fourth-order valence-electron chi connectivity index (χ4n) is 3.17. The zero-order valence-corrected chi connectivity index (χ0v) is 15.4. The summed E-state index contributed by atoms with van der Waals surface area (Å²) in [5.74, 6) is -0.591. The Labute approximate surface area is 149 Å². The highest BCUT2D eigenvalue weighted by molar-refractivity contribution is 5.91. The lowest BCUT2D eigenvalue weighted by molar-refractivity contribution is 0.0693. The molecule has 0 amide bonds. The first kappa shape index (κ1) is 19.0. The number of aromatic carboxylic acids is 1. The third-order valence-electron chi connectivity index (χ3n) is 4.52. The molecule has 2 N–H and O–H groups in total. The lowest BCUT2D eigenvalue weighted by atomic mass is 9.79. The zero-order valence-electron chi connectivity index (χ0n) is 15.4. The van der Waals surface area contributed by atoms with E-state index in [1.807, 2.05) is 12.1 Å². The SMILES string of the molecule is COc1ccc(CNC(C)CC(C)(C)c2ccccc2)cc1C(=O)O. The normalized spacial score (nSPS) is 12.6. The van der Waals surface area contributed by atoms with Crippen LogP contribution in [0.15, 0.2) is 48.5 Å². The van der Waals surface area contributed by atoms with Gasteiger partial charge in [-0.3, -0.25) is 0 Å². The maximum absolute atomic E-state index is 11.3. The average molecular weight is 341 g/mol. The molecule has 0 radical (unpaired) electrons. The van der Waals surface area contributed by atoms with Crippen LogP contribution >= 0.6 is 0 Å². The van der Waals surface area contributed by atoms with Gasteiger partial charge in [0, 0.05) is 12.6 Å². The van der Waals surface area contributed by atoms with Crippen molar-refractivity contribution in [2.75, 3.05) is 7.11 Å². The fraction of sp³-hybridized carbons (Fsp3) is 0.381. The Balaban J connectivity index is 1.99. The third kappa shape index (κ3) is 5.07. The molecule has 0 aromatic heterocycles. The molecule has 4 nitrogen and oxygen atoms in total. The van der Waals surface area contributed by atoms with Gasteiger partial charge >= 0.3 is 5.97 Å². The van der Waals surface area contributed by atoms with Crippen LogP contribution in [0.3, 0.4) is 0 Å². The van der Waals surface area contributed by atoms with Gasteiger partial charge in [0.25, 0.3) is 0 Å². The van der Waals surface area contributed by atoms with Crippen molar-refractivity contribution < 1.29 is 14.6 Å². The van der Waals surface area contributed by atoms with Crippen molar-refractivity contribution in [1.82, 2.24) is 5.32 Å². The van der Waals surface area contributed by atoms with Gasteiger partial charge in [-0.25, -0.2) is 4.79 Å². The number of carboxylic acids is 1. The van der Waals surface area contributed by atoms with Crippen LogP contribution in [0.2, 0.25) is 0 Å². The average Bonchev–Trinajstić information content (AvgIpc) is 2.60. The van der Waals surface area contributed by atoms with Crippen molar-refractivity contribution in [3.63, 3.8) is 0 Å². The van der Waals surface area contributed by atoms with Gasteiger partial charge in [0.1, 0.15) is 11.3 Å². The van der Waals surface area contributed by atoms with Gasteiger partial charge in [0.2, 0.25) is 0 Å². The molecule has 0 heterocycles. The number of carboxylic acid groups (broad SMARTS) is 1. The molecule has 2 rings (SSSR count). The number of rotatable bonds is 8. The number of hydrogen-bond donors (Lipinski definition) is 2. The van der Waals surface area contributed by atoms with E-state index in [-0.39, 0.29) is 11.0 Å². The van der Waals surface area contributed by atoms with Gasteiger partial charge in [-0.05, 0) is 42.0 Å². The van der Waals surface area contributed by atoms with Crippen LogP contribution in [0.25, 0.3) is 0 Å². The van der Waals surface area contributed by atoms with Gasteiger partial charge in [-0.2, -0.15) is 0 Å². The van der Waals surface area contributed by atoms with E-state index < -0.39 is 5.97 Å². The maximum Gasteiger partial charge on any atom is 0.339 e. The monoisotopic (exact) mass is 341 g/mol. The van der Waals surface area contributed by atoms with Crippen LogP contribution in [0.5, 0.6) is 5.75 Å². The number of benzene rings is 2. The third-order valence-corrected chi connectivity index (χ3v) is 4.52. The molecule has 134 valence electrons. The van der Waals surface area contributed by atoms with Crippen molar-refractivity contribution in [2.24, 2.45) is 0 Å². The number of methoxy groups -OCH3 is 1. The molecule has 0 aliphatic heterocycles. The Morgan fingerprint density at radius 2 is 1.88 bits per heavy atom. The first-order chi connectivity index (χ1) is 11.8. The van der Waals surface area contributed by atoms with Crippen molar-refractivity contribution in [3.8, 4) is 5.75 Å². The summed E-state index contributed by atoms with van der Waals surface area (Å²) in [5, 5.41) is 12.8. The van der Waals surface area contributed by atoms with E-state index in [0.717, 1.165) is 12.0 Å². The molecule has 0 saturated heterocycles. The summed E-state index contributed by atoms with van der Waals surface area (Å²) < 4.78 is 5.10. The molecule has 1 atom stereocenters. The van der Waals surface area contributed by atoms with Crippen LogP contribution in [0, 0.1) is 0 Å². The summed E-state index contributed by atoms with van der Waals surface area (Å²) in [6.45, 7) is 7.27. The van der Waals surface area contributed by atoms with E-state index in [4.69, 9.17) is 4.74 Å². The summed E-state index contributed by atoms with van der Waals surface area (Å²) in [6.07, 6.45) is 0.985. The Hall–Kier alpha value is -2.33. The zero-order chi connectivity index (χ0) is 18.4. The van der Waals surface area contributed by atoms with E-state index in [1.54, 1.807) is 12.1 Å². The maximum atomic E-state index is 11.3. The highest BCUT2D eigenvalue weighted by Gasteiger charge is 2.23.